The molecule has 0 fully saturated rings. The number of carbonyl (C=O) groups excluding carboxylic acids is 1. The number of hydrogen-bond acceptors (Lipinski definition) is 4. The molecule has 0 aliphatic heterocycles. The van der Waals surface area contributed by atoms with E-state index in [1.165, 1.54) is 0 Å². The van der Waals surface area contributed by atoms with Crippen LogP contribution in [-0.2, 0) is 4.79 Å². The molecule has 0 heterocycles. The molecule has 0 aliphatic carbocycles. The van der Waals surface area contributed by atoms with Gasteiger partial charge in [-0.2, -0.15) is 5.10 Å². The van der Waals surface area contributed by atoms with Crippen LogP contribution in [0.25, 0.3) is 0 Å². The Kier molecular flexibility index (Phi) is 7.33. The largest absolute Gasteiger partial charge is 0.493 e. The lowest BCUT2D eigenvalue weighted by atomic mass is 10.2. The second kappa shape index (κ2) is 9.48. The highest BCUT2D eigenvalue weighted by Gasteiger charge is 2.04. The van der Waals surface area contributed by atoms with Gasteiger partial charge in [-0.15, -0.1) is 0 Å². The van der Waals surface area contributed by atoms with E-state index in [1.807, 2.05) is 25.1 Å². The molecule has 2 aromatic rings. The van der Waals surface area contributed by atoms with Gasteiger partial charge in [-0.05, 0) is 65.4 Å². The summed E-state index contributed by atoms with van der Waals surface area (Å²) in [6.45, 7) is 2.39. The Morgan fingerprint density at radius 2 is 2.04 bits per heavy atom. The minimum Gasteiger partial charge on any atom is -0.493 e. The summed E-state index contributed by atoms with van der Waals surface area (Å²) in [5.74, 6) is 0.915. The first-order valence-electron chi connectivity index (χ1n) is 7.21. The zero-order valence-corrected chi connectivity index (χ0v) is 15.9. The molecule has 5 nitrogen and oxygen atoms in total. The lowest BCUT2D eigenvalue weighted by Crippen LogP contribution is -2.24. The van der Waals surface area contributed by atoms with E-state index >= 15 is 0 Å². The second-order valence-electron chi connectivity index (χ2n) is 4.64. The Labute approximate surface area is 159 Å². The number of hydrazone groups is 1. The fraction of sp³-hybridized carbons (Fsp3) is 0.176. The van der Waals surface area contributed by atoms with Gasteiger partial charge in [0.15, 0.2) is 6.61 Å². The highest BCUT2D eigenvalue weighted by atomic mass is 127. The molecule has 7 heteroatoms. The zero-order valence-electron chi connectivity index (χ0n) is 13.0. The molecule has 0 bridgehead atoms. The van der Waals surface area contributed by atoms with Crippen LogP contribution in [0.15, 0.2) is 47.6 Å². The summed E-state index contributed by atoms with van der Waals surface area (Å²) in [7, 11) is 0. The van der Waals surface area contributed by atoms with Crippen molar-refractivity contribution in [2.24, 2.45) is 5.10 Å². The second-order valence-corrected chi connectivity index (χ2v) is 6.20. The molecular formula is C17H16ClIN2O3. The van der Waals surface area contributed by atoms with Gasteiger partial charge in [0.2, 0.25) is 0 Å². The number of rotatable bonds is 7. The van der Waals surface area contributed by atoms with E-state index in [4.69, 9.17) is 21.1 Å². The van der Waals surface area contributed by atoms with Crippen LogP contribution in [0.5, 0.6) is 11.5 Å². The van der Waals surface area contributed by atoms with Crippen molar-refractivity contribution >= 4 is 46.3 Å². The average Bonchev–Trinajstić information content (AvgIpc) is 2.57. The zero-order chi connectivity index (χ0) is 17.4. The third-order valence-electron chi connectivity index (χ3n) is 2.85. The van der Waals surface area contributed by atoms with Crippen molar-refractivity contribution in [2.45, 2.75) is 6.92 Å². The molecule has 1 amide bonds. The predicted octanol–water partition coefficient (Wildman–Crippen LogP) is 3.87. The summed E-state index contributed by atoms with van der Waals surface area (Å²) < 4.78 is 11.8. The van der Waals surface area contributed by atoms with Crippen molar-refractivity contribution in [2.75, 3.05) is 13.2 Å². The van der Waals surface area contributed by atoms with E-state index in [0.717, 1.165) is 14.9 Å². The van der Waals surface area contributed by atoms with Crippen LogP contribution in [0.2, 0.25) is 5.02 Å². The first-order chi connectivity index (χ1) is 11.6. The van der Waals surface area contributed by atoms with Gasteiger partial charge in [-0.1, -0.05) is 23.7 Å². The van der Waals surface area contributed by atoms with Gasteiger partial charge in [0.05, 0.1) is 21.4 Å². The maximum absolute atomic E-state index is 11.7. The van der Waals surface area contributed by atoms with Crippen molar-refractivity contribution in [3.8, 4) is 11.5 Å². The molecule has 0 atom stereocenters. The van der Waals surface area contributed by atoms with Crippen molar-refractivity contribution in [3.05, 3.63) is 56.6 Å². The summed E-state index contributed by atoms with van der Waals surface area (Å²) in [6.07, 6.45) is 1.56. The molecule has 0 unspecified atom stereocenters. The summed E-state index contributed by atoms with van der Waals surface area (Å²) >= 11 is 8.14. The fourth-order valence-electron chi connectivity index (χ4n) is 1.79. The van der Waals surface area contributed by atoms with Crippen LogP contribution in [0.1, 0.15) is 12.5 Å². The number of benzene rings is 2. The molecule has 0 aliphatic rings. The minimum atomic E-state index is -0.369. The van der Waals surface area contributed by atoms with Gasteiger partial charge in [-0.3, -0.25) is 4.79 Å². The normalized spacial score (nSPS) is 10.6. The van der Waals surface area contributed by atoms with E-state index in [9.17, 15) is 4.79 Å². The van der Waals surface area contributed by atoms with Gasteiger partial charge in [0, 0.05) is 0 Å². The molecular weight excluding hydrogens is 443 g/mol. The molecule has 0 saturated heterocycles. The van der Waals surface area contributed by atoms with Crippen LogP contribution in [-0.4, -0.2) is 25.3 Å². The lowest BCUT2D eigenvalue weighted by molar-refractivity contribution is -0.123. The molecule has 0 spiro atoms. The van der Waals surface area contributed by atoms with Crippen LogP contribution in [0, 0.1) is 3.57 Å². The maximum atomic E-state index is 11.7. The van der Waals surface area contributed by atoms with Gasteiger partial charge in [-0.25, -0.2) is 5.43 Å². The molecule has 0 radical (unpaired) electrons. The molecule has 1 N–H and O–H groups in total. The quantitative estimate of drug-likeness (QED) is 0.389. The summed E-state index contributed by atoms with van der Waals surface area (Å²) in [4.78, 5) is 11.7. The van der Waals surface area contributed by atoms with Gasteiger partial charge < -0.3 is 9.47 Å². The number of carbonyl (C=O) groups is 1. The summed E-state index contributed by atoms with van der Waals surface area (Å²) in [5, 5.41) is 4.37. The summed E-state index contributed by atoms with van der Waals surface area (Å²) in [6, 6.07) is 12.6. The number of amides is 1. The molecule has 126 valence electrons. The molecule has 24 heavy (non-hydrogen) atoms. The van der Waals surface area contributed by atoms with Crippen LogP contribution >= 0.6 is 34.2 Å². The highest BCUT2D eigenvalue weighted by molar-refractivity contribution is 14.1. The highest BCUT2D eigenvalue weighted by Crippen LogP contribution is 2.23. The number of ether oxygens (including phenoxy) is 2. The standard InChI is InChI=1S/C17H16ClIN2O3/c1-2-23-16-8-7-12(9-14(16)19)10-20-21-17(22)11-24-15-6-4-3-5-13(15)18/h3-10H,2,11H2,1H3,(H,21,22)/b20-10+. The van der Waals surface area contributed by atoms with E-state index in [0.29, 0.717) is 17.4 Å². The Hall–Kier alpha value is -1.80. The van der Waals surface area contributed by atoms with E-state index in [2.05, 4.69) is 33.1 Å². The lowest BCUT2D eigenvalue weighted by Gasteiger charge is -2.07. The summed E-state index contributed by atoms with van der Waals surface area (Å²) in [5.41, 5.74) is 3.27. The smallest absolute Gasteiger partial charge is 0.277 e. The van der Waals surface area contributed by atoms with Crippen molar-refractivity contribution in [1.29, 1.82) is 0 Å². The minimum absolute atomic E-state index is 0.165. The molecule has 2 rings (SSSR count). The van der Waals surface area contributed by atoms with Gasteiger partial charge in [0.1, 0.15) is 11.5 Å². The Morgan fingerprint density at radius 3 is 2.75 bits per heavy atom. The Balaban J connectivity index is 1.84. The van der Waals surface area contributed by atoms with Crippen molar-refractivity contribution in [3.63, 3.8) is 0 Å². The number of para-hydroxylation sites is 1. The number of nitrogens with one attached hydrogen (secondary N) is 1. The van der Waals surface area contributed by atoms with Crippen LogP contribution < -0.4 is 14.9 Å². The third-order valence-corrected chi connectivity index (χ3v) is 4.01. The monoisotopic (exact) mass is 458 g/mol. The predicted molar refractivity (Wildman–Crippen MR) is 103 cm³/mol. The van der Waals surface area contributed by atoms with E-state index in [1.54, 1.807) is 30.5 Å². The molecule has 0 saturated carbocycles. The SMILES string of the molecule is CCOc1ccc(/C=N/NC(=O)COc2ccccc2Cl)cc1I. The first kappa shape index (κ1) is 18.5. The van der Waals surface area contributed by atoms with Gasteiger partial charge in [0.25, 0.3) is 5.91 Å². The van der Waals surface area contributed by atoms with Gasteiger partial charge >= 0.3 is 0 Å². The average molecular weight is 459 g/mol. The topological polar surface area (TPSA) is 59.9 Å². The van der Waals surface area contributed by atoms with Crippen LogP contribution in [0.3, 0.4) is 0 Å². The van der Waals surface area contributed by atoms with E-state index < -0.39 is 0 Å². The molecule has 2 aromatic carbocycles. The number of hydrogen-bond donors (Lipinski definition) is 1. The number of nitrogens with zero attached hydrogens (tertiary/aromatic N) is 1. The van der Waals surface area contributed by atoms with Crippen molar-refractivity contribution in [1.82, 2.24) is 5.43 Å². The fourth-order valence-corrected chi connectivity index (χ4v) is 2.67. The van der Waals surface area contributed by atoms with Crippen molar-refractivity contribution < 1.29 is 14.3 Å². The Bertz CT molecular complexity index is 738. The maximum Gasteiger partial charge on any atom is 0.277 e. The molecule has 0 aromatic heterocycles. The van der Waals surface area contributed by atoms with E-state index in [-0.39, 0.29) is 12.5 Å². The Morgan fingerprint density at radius 1 is 1.25 bits per heavy atom. The first-order valence-corrected chi connectivity index (χ1v) is 8.67. The number of halogens is 2. The van der Waals surface area contributed by atoms with Crippen LogP contribution in [0.4, 0.5) is 0 Å². The third kappa shape index (κ3) is 5.68.